The van der Waals surface area contributed by atoms with Gasteiger partial charge in [0.25, 0.3) is 11.4 Å². The van der Waals surface area contributed by atoms with Gasteiger partial charge in [0, 0.05) is 13.1 Å². The Bertz CT molecular complexity index is 695. The van der Waals surface area contributed by atoms with Gasteiger partial charge in [0.2, 0.25) is 0 Å². The van der Waals surface area contributed by atoms with Gasteiger partial charge >= 0.3 is 0 Å². The van der Waals surface area contributed by atoms with Gasteiger partial charge in [0.1, 0.15) is 17.2 Å². The average molecular weight is 291 g/mol. The van der Waals surface area contributed by atoms with Crippen LogP contribution in [0.1, 0.15) is 11.5 Å². The normalized spacial score (nSPS) is 10.4. The quantitative estimate of drug-likeness (QED) is 0.619. The van der Waals surface area contributed by atoms with Gasteiger partial charge in [-0.1, -0.05) is 0 Å². The molecule has 0 atom stereocenters. The van der Waals surface area contributed by atoms with E-state index in [1.165, 1.54) is 12.1 Å². The topological polar surface area (TPSA) is 103 Å². The van der Waals surface area contributed by atoms with Crippen molar-refractivity contribution < 1.29 is 14.3 Å². The van der Waals surface area contributed by atoms with Gasteiger partial charge in [-0.15, -0.1) is 0 Å². The molecule has 0 radical (unpaired) electrons. The summed E-state index contributed by atoms with van der Waals surface area (Å²) in [6.07, 6.45) is 0. The Balaban J connectivity index is 2.33. The van der Waals surface area contributed by atoms with Crippen LogP contribution in [0, 0.1) is 27.2 Å². The molecule has 110 valence electrons. The summed E-state index contributed by atoms with van der Waals surface area (Å²) in [5, 5.41) is 21.8. The van der Waals surface area contributed by atoms with E-state index in [1.54, 1.807) is 31.0 Å². The highest BCUT2D eigenvalue weighted by atomic mass is 16.6. The van der Waals surface area contributed by atoms with Crippen molar-refractivity contribution in [1.82, 2.24) is 0 Å². The van der Waals surface area contributed by atoms with Gasteiger partial charge in [-0.05, 0) is 25.1 Å². The summed E-state index contributed by atoms with van der Waals surface area (Å²) in [4.78, 5) is 22.1. The van der Waals surface area contributed by atoms with Gasteiger partial charge in [-0.2, -0.15) is 0 Å². The largest absolute Gasteiger partial charge is 0.464 e. The first-order chi connectivity index (χ1) is 9.88. The summed E-state index contributed by atoms with van der Waals surface area (Å²) in [6.45, 7) is 2.13. The third-order valence-electron chi connectivity index (χ3n) is 2.97. The van der Waals surface area contributed by atoms with Crippen molar-refractivity contribution in [3.05, 3.63) is 62.1 Å². The molecular weight excluding hydrogens is 278 g/mol. The smallest absolute Gasteiger partial charge is 0.299 e. The van der Waals surface area contributed by atoms with Gasteiger partial charge in [0.15, 0.2) is 0 Å². The molecule has 0 amide bonds. The van der Waals surface area contributed by atoms with E-state index in [1.807, 2.05) is 0 Å². The van der Waals surface area contributed by atoms with Crippen molar-refractivity contribution in [1.29, 1.82) is 0 Å². The van der Waals surface area contributed by atoms with Crippen LogP contribution >= 0.6 is 0 Å². The highest BCUT2D eigenvalue weighted by molar-refractivity contribution is 5.66. The molecular formula is C13H13N3O5. The maximum absolute atomic E-state index is 11.1. The number of anilines is 1. The molecule has 0 N–H and O–H groups in total. The lowest BCUT2D eigenvalue weighted by Gasteiger charge is -2.17. The molecule has 2 rings (SSSR count). The Morgan fingerprint density at radius 1 is 1.14 bits per heavy atom. The minimum absolute atomic E-state index is 0.291. The highest BCUT2D eigenvalue weighted by Gasteiger charge is 2.22. The Labute approximate surface area is 119 Å². The second kappa shape index (κ2) is 5.61. The van der Waals surface area contributed by atoms with E-state index in [4.69, 9.17) is 4.42 Å². The number of nitro benzene ring substituents is 2. The number of non-ortho nitro benzene ring substituents is 1. The fraction of sp³-hybridized carbons (Fsp3) is 0.231. The second-order valence-electron chi connectivity index (χ2n) is 4.56. The fourth-order valence-corrected chi connectivity index (χ4v) is 1.98. The van der Waals surface area contributed by atoms with Crippen molar-refractivity contribution >= 4 is 17.1 Å². The standard InChI is InChI=1S/C13H13N3O5/c1-9-3-5-11(21-9)8-14(2)12-6-4-10(15(17)18)7-13(12)16(19)20/h3-7H,8H2,1-2H3. The average Bonchev–Trinajstić information content (AvgIpc) is 2.83. The maximum atomic E-state index is 11.1. The van der Waals surface area contributed by atoms with Crippen LogP contribution in [0.3, 0.4) is 0 Å². The molecule has 0 aliphatic rings. The summed E-state index contributed by atoms with van der Waals surface area (Å²) < 4.78 is 5.42. The van der Waals surface area contributed by atoms with Gasteiger partial charge < -0.3 is 9.32 Å². The first-order valence-corrected chi connectivity index (χ1v) is 6.08. The van der Waals surface area contributed by atoms with Crippen LogP contribution in [-0.4, -0.2) is 16.9 Å². The number of aryl methyl sites for hydroxylation is 1. The molecule has 0 spiro atoms. The summed E-state index contributed by atoms with van der Waals surface area (Å²) in [5.74, 6) is 1.40. The summed E-state index contributed by atoms with van der Waals surface area (Å²) in [5.41, 5.74) is -0.331. The molecule has 1 aromatic carbocycles. The Kier molecular flexibility index (Phi) is 3.88. The van der Waals surface area contributed by atoms with Gasteiger partial charge in [-0.25, -0.2) is 0 Å². The predicted molar refractivity (Wildman–Crippen MR) is 75.3 cm³/mol. The summed E-state index contributed by atoms with van der Waals surface area (Å²) in [6, 6.07) is 7.15. The van der Waals surface area contributed by atoms with E-state index in [0.717, 1.165) is 11.8 Å². The minimum Gasteiger partial charge on any atom is -0.464 e. The van der Waals surface area contributed by atoms with Crippen LogP contribution in [-0.2, 0) is 6.54 Å². The first kappa shape index (κ1) is 14.5. The second-order valence-corrected chi connectivity index (χ2v) is 4.56. The van der Waals surface area contributed by atoms with Crippen LogP contribution in [0.4, 0.5) is 17.1 Å². The third-order valence-corrected chi connectivity index (χ3v) is 2.97. The SMILES string of the molecule is Cc1ccc(CN(C)c2ccc([N+](=O)[O-])cc2[N+](=O)[O-])o1. The van der Waals surface area contributed by atoms with Gasteiger partial charge in [-0.3, -0.25) is 20.2 Å². The lowest BCUT2D eigenvalue weighted by molar-refractivity contribution is -0.393. The number of nitro groups is 2. The molecule has 0 saturated carbocycles. The fourth-order valence-electron chi connectivity index (χ4n) is 1.98. The number of rotatable bonds is 5. The molecule has 1 aromatic heterocycles. The zero-order chi connectivity index (χ0) is 15.6. The van der Waals surface area contributed by atoms with Gasteiger partial charge in [0.05, 0.1) is 22.5 Å². The van der Waals surface area contributed by atoms with Crippen molar-refractivity contribution in [3.63, 3.8) is 0 Å². The van der Waals surface area contributed by atoms with E-state index in [-0.39, 0.29) is 11.4 Å². The molecule has 0 bridgehead atoms. The third kappa shape index (κ3) is 3.16. The molecule has 0 aliphatic carbocycles. The van der Waals surface area contributed by atoms with Crippen LogP contribution < -0.4 is 4.90 Å². The van der Waals surface area contributed by atoms with E-state index >= 15 is 0 Å². The number of hydrogen-bond donors (Lipinski definition) is 0. The Morgan fingerprint density at radius 2 is 1.86 bits per heavy atom. The number of hydrogen-bond acceptors (Lipinski definition) is 6. The zero-order valence-electron chi connectivity index (χ0n) is 11.5. The maximum Gasteiger partial charge on any atom is 0.299 e. The van der Waals surface area contributed by atoms with Crippen LogP contribution in [0.5, 0.6) is 0 Å². The lowest BCUT2D eigenvalue weighted by Crippen LogP contribution is -2.17. The highest BCUT2D eigenvalue weighted by Crippen LogP contribution is 2.32. The molecule has 0 aliphatic heterocycles. The van der Waals surface area contributed by atoms with Crippen LogP contribution in [0.25, 0.3) is 0 Å². The van der Waals surface area contributed by atoms with Crippen molar-refractivity contribution in [3.8, 4) is 0 Å². The van der Waals surface area contributed by atoms with E-state index < -0.39 is 9.85 Å². The summed E-state index contributed by atoms with van der Waals surface area (Å²) >= 11 is 0. The number of benzene rings is 1. The van der Waals surface area contributed by atoms with Crippen molar-refractivity contribution in [2.24, 2.45) is 0 Å². The number of nitrogens with zero attached hydrogens (tertiary/aromatic N) is 3. The summed E-state index contributed by atoms with van der Waals surface area (Å²) in [7, 11) is 1.66. The van der Waals surface area contributed by atoms with E-state index in [0.29, 0.717) is 18.0 Å². The molecule has 1 heterocycles. The van der Waals surface area contributed by atoms with E-state index in [2.05, 4.69) is 0 Å². The van der Waals surface area contributed by atoms with Crippen LogP contribution in [0.2, 0.25) is 0 Å². The lowest BCUT2D eigenvalue weighted by atomic mass is 10.2. The zero-order valence-corrected chi connectivity index (χ0v) is 11.5. The number of furan rings is 1. The molecule has 21 heavy (non-hydrogen) atoms. The molecule has 0 fully saturated rings. The Hall–Kier alpha value is -2.90. The molecule has 2 aromatic rings. The minimum atomic E-state index is -0.660. The first-order valence-electron chi connectivity index (χ1n) is 6.08. The predicted octanol–water partition coefficient (Wildman–Crippen LogP) is 3.04. The monoisotopic (exact) mass is 291 g/mol. The molecule has 8 nitrogen and oxygen atoms in total. The van der Waals surface area contributed by atoms with Crippen LogP contribution in [0.15, 0.2) is 34.7 Å². The van der Waals surface area contributed by atoms with E-state index in [9.17, 15) is 20.2 Å². The van der Waals surface area contributed by atoms with Crippen molar-refractivity contribution in [2.75, 3.05) is 11.9 Å². The molecule has 0 unspecified atom stereocenters. The molecule has 0 saturated heterocycles. The van der Waals surface area contributed by atoms with Crippen molar-refractivity contribution in [2.45, 2.75) is 13.5 Å². The molecule has 8 heteroatoms. The Morgan fingerprint density at radius 3 is 2.38 bits per heavy atom.